The van der Waals surface area contributed by atoms with Gasteiger partial charge in [0.05, 0.1) is 4.90 Å². The highest BCUT2D eigenvalue weighted by molar-refractivity contribution is 9.10. The van der Waals surface area contributed by atoms with Crippen LogP contribution in [0.3, 0.4) is 0 Å². The van der Waals surface area contributed by atoms with Crippen LogP contribution >= 0.6 is 15.9 Å². The van der Waals surface area contributed by atoms with Gasteiger partial charge in [0.25, 0.3) is 5.91 Å². The maximum Gasteiger partial charge on any atom is 0.265 e. The van der Waals surface area contributed by atoms with Gasteiger partial charge < -0.3 is 9.64 Å². The van der Waals surface area contributed by atoms with E-state index in [2.05, 4.69) is 20.7 Å². The molecule has 1 aliphatic heterocycles. The Kier molecular flexibility index (Phi) is 6.88. The van der Waals surface area contributed by atoms with Crippen molar-refractivity contribution < 1.29 is 17.9 Å². The van der Waals surface area contributed by atoms with Gasteiger partial charge in [0.1, 0.15) is 5.75 Å². The predicted molar refractivity (Wildman–Crippen MR) is 132 cm³/mol. The number of sulfonamides is 1. The van der Waals surface area contributed by atoms with Gasteiger partial charge in [-0.05, 0) is 73.9 Å². The fraction of sp³-hybridized carbons (Fsp3) is 0.240. The Bertz CT molecular complexity index is 1250. The molecule has 6 nitrogen and oxygen atoms in total. The first kappa shape index (κ1) is 23.5. The predicted octanol–water partition coefficient (Wildman–Crippen LogP) is 4.85. The molecule has 172 valence electrons. The summed E-state index contributed by atoms with van der Waals surface area (Å²) in [6.45, 7) is 3.68. The lowest BCUT2D eigenvalue weighted by Crippen LogP contribution is -2.39. The summed E-state index contributed by atoms with van der Waals surface area (Å²) in [5, 5.41) is 0. The van der Waals surface area contributed by atoms with Crippen molar-refractivity contribution in [1.82, 2.24) is 4.72 Å². The first-order valence-corrected chi connectivity index (χ1v) is 12.9. The lowest BCUT2D eigenvalue weighted by Gasteiger charge is -2.22. The van der Waals surface area contributed by atoms with Crippen LogP contribution in [0.1, 0.15) is 31.0 Å². The zero-order chi connectivity index (χ0) is 23.6. The van der Waals surface area contributed by atoms with Crippen LogP contribution in [0.4, 0.5) is 5.69 Å². The maximum absolute atomic E-state index is 12.8. The van der Waals surface area contributed by atoms with Gasteiger partial charge in [-0.3, -0.25) is 4.79 Å². The highest BCUT2D eigenvalue weighted by atomic mass is 79.9. The number of rotatable bonds is 7. The van der Waals surface area contributed by atoms with E-state index < -0.39 is 10.0 Å². The van der Waals surface area contributed by atoms with Crippen molar-refractivity contribution in [3.63, 3.8) is 0 Å². The Morgan fingerprint density at radius 2 is 1.82 bits per heavy atom. The third-order valence-electron chi connectivity index (χ3n) is 5.65. The van der Waals surface area contributed by atoms with Crippen LogP contribution in [0, 0.1) is 0 Å². The summed E-state index contributed by atoms with van der Waals surface area (Å²) in [6, 6.07) is 21.0. The fourth-order valence-electron chi connectivity index (χ4n) is 4.02. The van der Waals surface area contributed by atoms with Gasteiger partial charge in [0, 0.05) is 22.2 Å². The number of benzene rings is 3. The number of amides is 1. The summed E-state index contributed by atoms with van der Waals surface area (Å²) in [4.78, 5) is 14.7. The van der Waals surface area contributed by atoms with Crippen LogP contribution in [0.15, 0.2) is 82.2 Å². The van der Waals surface area contributed by atoms with Gasteiger partial charge >= 0.3 is 0 Å². The topological polar surface area (TPSA) is 75.7 Å². The largest absolute Gasteiger partial charge is 0.484 e. The number of fused-ring (bicyclic) bond motifs is 1. The minimum absolute atomic E-state index is 0.0515. The second kappa shape index (κ2) is 9.67. The summed E-state index contributed by atoms with van der Waals surface area (Å²) in [6.07, 6.45) is 0.793. The Hall–Kier alpha value is -2.68. The molecule has 1 amide bonds. The average molecular weight is 529 g/mol. The van der Waals surface area contributed by atoms with Crippen LogP contribution in [-0.4, -0.2) is 27.0 Å². The van der Waals surface area contributed by atoms with E-state index in [0.717, 1.165) is 27.7 Å². The van der Waals surface area contributed by atoms with E-state index in [0.29, 0.717) is 5.75 Å². The van der Waals surface area contributed by atoms with Crippen molar-refractivity contribution in [1.29, 1.82) is 0 Å². The molecule has 1 heterocycles. The quantitative estimate of drug-likeness (QED) is 0.475. The molecular weight excluding hydrogens is 504 g/mol. The van der Waals surface area contributed by atoms with Gasteiger partial charge in [-0.15, -0.1) is 0 Å². The number of carbonyl (C=O) groups excluding carboxylic acids is 1. The minimum atomic E-state index is -3.70. The van der Waals surface area contributed by atoms with E-state index in [4.69, 9.17) is 4.74 Å². The molecule has 0 unspecified atom stereocenters. The molecule has 2 atom stereocenters. The standard InChI is InChI=1S/C25H25BrN2O4S/c1-17-14-20-15-21(26)8-13-24(20)28(17)25(29)16-32-22-9-11-23(12-10-22)33(30,31)27-18(2)19-6-4-3-5-7-19/h3-13,15,17-18,27H,14,16H2,1-2H3/t17-,18+/m1/s1. The fourth-order valence-corrected chi connectivity index (χ4v) is 5.66. The zero-order valence-electron chi connectivity index (χ0n) is 18.4. The Morgan fingerprint density at radius 1 is 1.12 bits per heavy atom. The molecule has 33 heavy (non-hydrogen) atoms. The highest BCUT2D eigenvalue weighted by Gasteiger charge is 2.31. The van der Waals surface area contributed by atoms with Gasteiger partial charge in [0.15, 0.2) is 6.61 Å². The molecule has 1 N–H and O–H groups in total. The highest BCUT2D eigenvalue weighted by Crippen LogP contribution is 2.34. The summed E-state index contributed by atoms with van der Waals surface area (Å²) >= 11 is 3.47. The number of halogens is 1. The van der Waals surface area contributed by atoms with E-state index in [-0.39, 0.29) is 29.5 Å². The second-order valence-electron chi connectivity index (χ2n) is 8.10. The molecule has 0 fully saturated rings. The van der Waals surface area contributed by atoms with Crippen molar-refractivity contribution >= 4 is 37.5 Å². The summed E-state index contributed by atoms with van der Waals surface area (Å²) in [5.41, 5.74) is 2.90. The Labute approximate surface area is 202 Å². The lowest BCUT2D eigenvalue weighted by atomic mass is 10.1. The zero-order valence-corrected chi connectivity index (χ0v) is 20.8. The van der Waals surface area contributed by atoms with Crippen LogP contribution in [0.25, 0.3) is 0 Å². The van der Waals surface area contributed by atoms with Crippen LogP contribution in [0.5, 0.6) is 5.75 Å². The van der Waals surface area contributed by atoms with E-state index >= 15 is 0 Å². The molecular formula is C25H25BrN2O4S. The molecule has 8 heteroatoms. The number of carbonyl (C=O) groups is 1. The van der Waals surface area contributed by atoms with Crippen molar-refractivity contribution in [3.8, 4) is 5.75 Å². The molecule has 0 aromatic heterocycles. The summed E-state index contributed by atoms with van der Waals surface area (Å²) in [5.74, 6) is 0.292. The Morgan fingerprint density at radius 3 is 2.52 bits per heavy atom. The molecule has 1 aliphatic rings. The lowest BCUT2D eigenvalue weighted by molar-refractivity contribution is -0.120. The number of ether oxygens (including phenoxy) is 1. The SMILES string of the molecule is C[C@H](NS(=O)(=O)c1ccc(OCC(=O)N2c3ccc(Br)cc3C[C@H]2C)cc1)c1ccccc1. The summed E-state index contributed by atoms with van der Waals surface area (Å²) < 4.78 is 34.8. The van der Waals surface area contributed by atoms with Crippen molar-refractivity contribution in [2.24, 2.45) is 0 Å². The molecule has 0 aliphatic carbocycles. The van der Waals surface area contributed by atoms with Crippen molar-refractivity contribution in [2.45, 2.75) is 37.2 Å². The van der Waals surface area contributed by atoms with Gasteiger partial charge in [-0.2, -0.15) is 0 Å². The third-order valence-corrected chi connectivity index (χ3v) is 7.70. The van der Waals surface area contributed by atoms with Gasteiger partial charge in [0.2, 0.25) is 10.0 Å². The number of nitrogens with one attached hydrogen (secondary N) is 1. The molecule has 4 rings (SSSR count). The minimum Gasteiger partial charge on any atom is -0.484 e. The molecule has 0 bridgehead atoms. The van der Waals surface area contributed by atoms with Crippen molar-refractivity contribution in [3.05, 3.63) is 88.4 Å². The van der Waals surface area contributed by atoms with E-state index in [1.165, 1.54) is 12.1 Å². The summed E-state index contributed by atoms with van der Waals surface area (Å²) in [7, 11) is -3.70. The number of nitrogens with zero attached hydrogens (tertiary/aromatic N) is 1. The molecule has 3 aromatic carbocycles. The monoisotopic (exact) mass is 528 g/mol. The van der Waals surface area contributed by atoms with Crippen LogP contribution in [-0.2, 0) is 21.2 Å². The van der Waals surface area contributed by atoms with Gasteiger partial charge in [-0.1, -0.05) is 46.3 Å². The Balaban J connectivity index is 1.38. The van der Waals surface area contributed by atoms with E-state index in [1.54, 1.807) is 24.0 Å². The van der Waals surface area contributed by atoms with E-state index in [9.17, 15) is 13.2 Å². The number of hydrogen-bond donors (Lipinski definition) is 1. The molecule has 0 radical (unpaired) electrons. The first-order valence-electron chi connectivity index (χ1n) is 10.7. The molecule has 0 spiro atoms. The molecule has 0 saturated carbocycles. The smallest absolute Gasteiger partial charge is 0.265 e. The second-order valence-corrected chi connectivity index (χ2v) is 10.7. The average Bonchev–Trinajstić information content (AvgIpc) is 3.12. The maximum atomic E-state index is 12.8. The van der Waals surface area contributed by atoms with Crippen LogP contribution < -0.4 is 14.4 Å². The van der Waals surface area contributed by atoms with Crippen LogP contribution in [0.2, 0.25) is 0 Å². The molecule has 0 saturated heterocycles. The normalized spacial score (nSPS) is 16.3. The number of hydrogen-bond acceptors (Lipinski definition) is 4. The first-order chi connectivity index (χ1) is 15.7. The van der Waals surface area contributed by atoms with Gasteiger partial charge in [-0.25, -0.2) is 13.1 Å². The third kappa shape index (κ3) is 5.29. The number of anilines is 1. The molecule has 3 aromatic rings. The van der Waals surface area contributed by atoms with Crippen molar-refractivity contribution in [2.75, 3.05) is 11.5 Å². The van der Waals surface area contributed by atoms with E-state index in [1.807, 2.05) is 55.5 Å².